The maximum absolute atomic E-state index is 9.53. The van der Waals surface area contributed by atoms with E-state index in [1.54, 1.807) is 0 Å². The summed E-state index contributed by atoms with van der Waals surface area (Å²) in [7, 11) is -1.81. The van der Waals surface area contributed by atoms with Gasteiger partial charge in [-0.05, 0) is 42.1 Å². The molecular weight excluding hydrogens is 300 g/mol. The molecule has 1 N–H and O–H groups in total. The maximum atomic E-state index is 9.53. The van der Waals surface area contributed by atoms with Crippen molar-refractivity contribution in [3.8, 4) is 0 Å². The molecule has 0 spiro atoms. The van der Waals surface area contributed by atoms with Gasteiger partial charge in [0, 0.05) is 0 Å². The average Bonchev–Trinajstić information content (AvgIpc) is 2.70. The lowest BCUT2D eigenvalue weighted by atomic mass is 9.97. The zero-order valence-electron chi connectivity index (χ0n) is 16.0. The monoisotopic (exact) mass is 336 g/mol. The molecule has 1 aliphatic carbocycles. The van der Waals surface area contributed by atoms with Crippen LogP contribution in [0.3, 0.4) is 0 Å². The predicted octanol–water partition coefficient (Wildman–Crippen LogP) is 5.76. The van der Waals surface area contributed by atoms with Gasteiger partial charge in [-0.1, -0.05) is 71.3 Å². The van der Waals surface area contributed by atoms with Crippen molar-refractivity contribution in [2.75, 3.05) is 6.61 Å². The highest BCUT2D eigenvalue weighted by Crippen LogP contribution is 2.39. The molecule has 0 aromatic carbocycles. The van der Waals surface area contributed by atoms with Crippen molar-refractivity contribution in [1.29, 1.82) is 0 Å². The fourth-order valence-electron chi connectivity index (χ4n) is 2.51. The standard InChI is InChI=1S/C20H36O2Si/c1-7-8-9-14-19(22-23(5,6)20(2,3)4)18-13-11-10-12-17(15-18)16-21/h10-13,19,21H,7-9,14-16H2,1-6H3/t19-/m1/s1. The molecule has 0 radical (unpaired) electrons. The average molecular weight is 337 g/mol. The third-order valence-electron chi connectivity index (χ3n) is 5.11. The number of hydrogen-bond acceptors (Lipinski definition) is 2. The van der Waals surface area contributed by atoms with Crippen LogP contribution >= 0.6 is 0 Å². The van der Waals surface area contributed by atoms with Gasteiger partial charge in [-0.25, -0.2) is 0 Å². The molecule has 0 fully saturated rings. The van der Waals surface area contributed by atoms with Crippen LogP contribution in [0.2, 0.25) is 18.1 Å². The van der Waals surface area contributed by atoms with Crippen molar-refractivity contribution in [3.63, 3.8) is 0 Å². The second-order valence-corrected chi connectivity index (χ2v) is 12.9. The Balaban J connectivity index is 2.94. The number of allylic oxidation sites excluding steroid dienone is 4. The van der Waals surface area contributed by atoms with Crippen LogP contribution in [0.4, 0.5) is 0 Å². The Morgan fingerprint density at radius 2 is 1.83 bits per heavy atom. The molecule has 0 aromatic heterocycles. The van der Waals surface area contributed by atoms with Crippen LogP contribution < -0.4 is 0 Å². The molecule has 0 heterocycles. The van der Waals surface area contributed by atoms with E-state index in [4.69, 9.17) is 4.43 Å². The van der Waals surface area contributed by atoms with Gasteiger partial charge in [0.15, 0.2) is 8.32 Å². The zero-order chi connectivity index (χ0) is 17.5. The summed E-state index contributed by atoms with van der Waals surface area (Å²) in [6.45, 7) is 13.9. The number of rotatable bonds is 8. The van der Waals surface area contributed by atoms with E-state index in [0.717, 1.165) is 18.4 Å². The largest absolute Gasteiger partial charge is 0.410 e. The van der Waals surface area contributed by atoms with Gasteiger partial charge in [0.25, 0.3) is 0 Å². The molecule has 0 saturated carbocycles. The van der Waals surface area contributed by atoms with Crippen LogP contribution in [-0.4, -0.2) is 26.1 Å². The van der Waals surface area contributed by atoms with Gasteiger partial charge in [-0.3, -0.25) is 0 Å². The van der Waals surface area contributed by atoms with E-state index in [-0.39, 0.29) is 17.7 Å². The van der Waals surface area contributed by atoms with Crippen molar-refractivity contribution >= 4 is 8.32 Å². The predicted molar refractivity (Wildman–Crippen MR) is 103 cm³/mol. The quantitative estimate of drug-likeness (QED) is 0.451. The van der Waals surface area contributed by atoms with Crippen LogP contribution in [-0.2, 0) is 4.43 Å². The van der Waals surface area contributed by atoms with E-state index in [2.05, 4.69) is 52.9 Å². The van der Waals surface area contributed by atoms with Crippen LogP contribution in [0, 0.1) is 0 Å². The summed E-state index contributed by atoms with van der Waals surface area (Å²) in [5, 5.41) is 9.75. The molecule has 0 bridgehead atoms. The summed E-state index contributed by atoms with van der Waals surface area (Å²) in [5.41, 5.74) is 2.39. The SMILES string of the molecule is CCCCC[C@@H](O[Si](C)(C)C(C)(C)C)C1=CC=CC=C(CO)C1. The minimum Gasteiger partial charge on any atom is -0.410 e. The highest BCUT2D eigenvalue weighted by Gasteiger charge is 2.39. The van der Waals surface area contributed by atoms with Crippen molar-refractivity contribution in [2.24, 2.45) is 0 Å². The van der Waals surface area contributed by atoms with E-state index in [0.29, 0.717) is 0 Å². The van der Waals surface area contributed by atoms with Gasteiger partial charge in [-0.15, -0.1) is 0 Å². The minimum absolute atomic E-state index is 0.128. The first kappa shape index (κ1) is 20.4. The van der Waals surface area contributed by atoms with Crippen LogP contribution in [0.5, 0.6) is 0 Å². The molecule has 0 amide bonds. The van der Waals surface area contributed by atoms with Gasteiger partial charge < -0.3 is 9.53 Å². The van der Waals surface area contributed by atoms with Gasteiger partial charge >= 0.3 is 0 Å². The Morgan fingerprint density at radius 3 is 2.39 bits per heavy atom. The first-order chi connectivity index (χ1) is 10.7. The summed E-state index contributed by atoms with van der Waals surface area (Å²) in [6.07, 6.45) is 14.1. The lowest BCUT2D eigenvalue weighted by molar-refractivity contribution is 0.196. The Kier molecular flexibility index (Phi) is 7.98. The molecule has 23 heavy (non-hydrogen) atoms. The second-order valence-electron chi connectivity index (χ2n) is 8.15. The lowest BCUT2D eigenvalue weighted by Crippen LogP contribution is -2.44. The maximum Gasteiger partial charge on any atom is 0.192 e. The summed E-state index contributed by atoms with van der Waals surface area (Å²) in [5.74, 6) is 0. The Morgan fingerprint density at radius 1 is 1.17 bits per heavy atom. The number of hydrogen-bond donors (Lipinski definition) is 1. The first-order valence-electron chi connectivity index (χ1n) is 9.05. The third-order valence-corrected chi connectivity index (χ3v) is 9.60. The number of aliphatic hydroxyl groups excluding tert-OH is 1. The highest BCUT2D eigenvalue weighted by molar-refractivity contribution is 6.74. The van der Waals surface area contributed by atoms with Crippen molar-refractivity contribution < 1.29 is 9.53 Å². The topological polar surface area (TPSA) is 29.5 Å². The summed E-state index contributed by atoms with van der Waals surface area (Å²) < 4.78 is 6.76. The Bertz CT molecular complexity index is 453. The molecule has 2 nitrogen and oxygen atoms in total. The van der Waals surface area contributed by atoms with Crippen molar-refractivity contribution in [2.45, 2.75) is 84.0 Å². The molecule has 0 aliphatic heterocycles. The zero-order valence-corrected chi connectivity index (χ0v) is 17.0. The van der Waals surface area contributed by atoms with Gasteiger partial charge in [-0.2, -0.15) is 0 Å². The van der Waals surface area contributed by atoms with Gasteiger partial charge in [0.2, 0.25) is 0 Å². The normalized spacial score (nSPS) is 17.5. The van der Waals surface area contributed by atoms with E-state index in [9.17, 15) is 5.11 Å². The first-order valence-corrected chi connectivity index (χ1v) is 12.0. The van der Waals surface area contributed by atoms with Gasteiger partial charge in [0.05, 0.1) is 12.7 Å². The fraction of sp³-hybridized carbons (Fsp3) is 0.700. The second kappa shape index (κ2) is 9.00. The molecule has 132 valence electrons. The van der Waals surface area contributed by atoms with E-state index in [1.807, 2.05) is 12.2 Å². The smallest absolute Gasteiger partial charge is 0.192 e. The summed E-state index contributed by atoms with van der Waals surface area (Å²) >= 11 is 0. The summed E-state index contributed by atoms with van der Waals surface area (Å²) in [4.78, 5) is 0. The Hall–Kier alpha value is -0.643. The third kappa shape index (κ3) is 6.40. The van der Waals surface area contributed by atoms with E-state index >= 15 is 0 Å². The highest BCUT2D eigenvalue weighted by atomic mass is 28.4. The van der Waals surface area contributed by atoms with E-state index < -0.39 is 8.32 Å². The minimum atomic E-state index is -1.81. The van der Waals surface area contributed by atoms with Crippen LogP contribution in [0.25, 0.3) is 0 Å². The van der Waals surface area contributed by atoms with Gasteiger partial charge in [0.1, 0.15) is 0 Å². The van der Waals surface area contributed by atoms with E-state index in [1.165, 1.54) is 24.8 Å². The lowest BCUT2D eigenvalue weighted by Gasteiger charge is -2.40. The molecule has 3 heteroatoms. The van der Waals surface area contributed by atoms with Crippen LogP contribution in [0.1, 0.15) is 59.8 Å². The fourth-order valence-corrected chi connectivity index (χ4v) is 3.85. The molecule has 0 saturated heterocycles. The molecule has 0 aromatic rings. The molecular formula is C20H36O2Si. The van der Waals surface area contributed by atoms with Crippen molar-refractivity contribution in [1.82, 2.24) is 0 Å². The summed E-state index contributed by atoms with van der Waals surface area (Å²) in [6, 6.07) is 0. The van der Waals surface area contributed by atoms with Crippen molar-refractivity contribution in [3.05, 3.63) is 35.5 Å². The molecule has 1 aliphatic rings. The Labute approximate surface area is 144 Å². The number of unbranched alkanes of at least 4 members (excludes halogenated alkanes) is 2. The molecule has 0 unspecified atom stereocenters. The molecule has 1 rings (SSSR count). The molecule has 1 atom stereocenters. The number of aliphatic hydroxyl groups is 1. The van der Waals surface area contributed by atoms with Crippen LogP contribution in [0.15, 0.2) is 35.5 Å².